The van der Waals surface area contributed by atoms with E-state index < -0.39 is 10.0 Å². The third-order valence-corrected chi connectivity index (χ3v) is 5.14. The third kappa shape index (κ3) is 3.84. The van der Waals surface area contributed by atoms with E-state index in [0.29, 0.717) is 25.0 Å². The molecule has 1 aromatic heterocycles. The van der Waals surface area contributed by atoms with E-state index in [0.717, 1.165) is 31.0 Å². The van der Waals surface area contributed by atoms with Crippen LogP contribution in [-0.4, -0.2) is 56.9 Å². The number of nitrogens with one attached hydrogen (secondary N) is 1. The highest BCUT2D eigenvalue weighted by atomic mass is 32.2. The fourth-order valence-electron chi connectivity index (χ4n) is 3.53. The van der Waals surface area contributed by atoms with Crippen LogP contribution < -0.4 is 4.72 Å². The van der Waals surface area contributed by atoms with Gasteiger partial charge < -0.3 is 4.74 Å². The first-order chi connectivity index (χ1) is 10.4. The van der Waals surface area contributed by atoms with Gasteiger partial charge in [-0.3, -0.25) is 9.88 Å². The predicted molar refractivity (Wildman–Crippen MR) is 83.8 cm³/mol. The molecule has 3 heterocycles. The number of aryl methyl sites for hydroxylation is 1. The van der Waals surface area contributed by atoms with Gasteiger partial charge in [0.15, 0.2) is 0 Å². The highest BCUT2D eigenvalue weighted by Crippen LogP contribution is 2.31. The number of nitrogens with zero attached hydrogens (tertiary/aromatic N) is 2. The van der Waals surface area contributed by atoms with E-state index in [2.05, 4.69) is 14.6 Å². The van der Waals surface area contributed by atoms with E-state index in [1.165, 1.54) is 6.26 Å². The van der Waals surface area contributed by atoms with Crippen LogP contribution in [0.1, 0.15) is 11.4 Å². The van der Waals surface area contributed by atoms with E-state index >= 15 is 0 Å². The van der Waals surface area contributed by atoms with Crippen molar-refractivity contribution in [2.24, 2.45) is 11.8 Å². The van der Waals surface area contributed by atoms with E-state index in [1.807, 2.05) is 25.1 Å². The monoisotopic (exact) mass is 325 g/mol. The lowest BCUT2D eigenvalue weighted by atomic mass is 9.88. The second-order valence-electron chi connectivity index (χ2n) is 6.42. The number of aromatic nitrogens is 1. The number of hydrogen-bond acceptors (Lipinski definition) is 5. The highest BCUT2D eigenvalue weighted by Gasteiger charge is 2.41. The van der Waals surface area contributed by atoms with Gasteiger partial charge in [0.25, 0.3) is 0 Å². The second-order valence-corrected chi connectivity index (χ2v) is 8.20. The minimum Gasteiger partial charge on any atom is -0.379 e. The molecule has 2 saturated heterocycles. The molecular weight excluding hydrogens is 302 g/mol. The summed E-state index contributed by atoms with van der Waals surface area (Å²) in [6.45, 7) is 5.79. The van der Waals surface area contributed by atoms with Crippen LogP contribution in [0.15, 0.2) is 18.2 Å². The van der Waals surface area contributed by atoms with Crippen molar-refractivity contribution in [2.45, 2.75) is 19.5 Å². The van der Waals surface area contributed by atoms with Crippen LogP contribution in [-0.2, 0) is 21.3 Å². The number of rotatable bonds is 4. The van der Waals surface area contributed by atoms with E-state index in [1.54, 1.807) is 0 Å². The van der Waals surface area contributed by atoms with Gasteiger partial charge in [0.1, 0.15) is 0 Å². The zero-order valence-corrected chi connectivity index (χ0v) is 13.8. The molecule has 22 heavy (non-hydrogen) atoms. The molecule has 122 valence electrons. The SMILES string of the molecule is Cc1cccc(CN2C[C@@H]3COC[C@H](NS(C)(=O)=O)[C@@H]3C2)n1. The molecule has 0 spiro atoms. The van der Waals surface area contributed by atoms with Crippen molar-refractivity contribution in [1.82, 2.24) is 14.6 Å². The Hall–Kier alpha value is -1.02. The third-order valence-electron chi connectivity index (χ3n) is 4.41. The zero-order chi connectivity index (χ0) is 15.7. The summed E-state index contributed by atoms with van der Waals surface area (Å²) in [5.41, 5.74) is 2.08. The van der Waals surface area contributed by atoms with Crippen LogP contribution in [0.25, 0.3) is 0 Å². The van der Waals surface area contributed by atoms with Gasteiger partial charge in [-0.05, 0) is 25.0 Å². The molecule has 2 aliphatic heterocycles. The number of pyridine rings is 1. The number of likely N-dealkylation sites (tertiary alicyclic amines) is 1. The van der Waals surface area contributed by atoms with Crippen molar-refractivity contribution in [3.63, 3.8) is 0 Å². The lowest BCUT2D eigenvalue weighted by Gasteiger charge is -2.32. The largest absolute Gasteiger partial charge is 0.379 e. The maximum atomic E-state index is 11.5. The molecule has 6 nitrogen and oxygen atoms in total. The smallest absolute Gasteiger partial charge is 0.209 e. The van der Waals surface area contributed by atoms with Gasteiger partial charge in [-0.2, -0.15) is 0 Å². The molecule has 1 aromatic rings. The first-order valence-corrected chi connectivity index (χ1v) is 9.50. The molecule has 0 radical (unpaired) electrons. The van der Waals surface area contributed by atoms with Crippen molar-refractivity contribution in [2.75, 3.05) is 32.6 Å². The first kappa shape index (κ1) is 15.9. The van der Waals surface area contributed by atoms with Crippen LogP contribution in [0.5, 0.6) is 0 Å². The van der Waals surface area contributed by atoms with Crippen molar-refractivity contribution >= 4 is 10.0 Å². The molecule has 2 fully saturated rings. The molecule has 1 N–H and O–H groups in total. The molecule has 0 unspecified atom stereocenters. The molecule has 7 heteroatoms. The Morgan fingerprint density at radius 2 is 2.18 bits per heavy atom. The van der Waals surface area contributed by atoms with Gasteiger partial charge >= 0.3 is 0 Å². The average Bonchev–Trinajstić information content (AvgIpc) is 2.80. The fourth-order valence-corrected chi connectivity index (χ4v) is 4.33. The van der Waals surface area contributed by atoms with Crippen LogP contribution in [0.3, 0.4) is 0 Å². The van der Waals surface area contributed by atoms with Crippen LogP contribution in [0, 0.1) is 18.8 Å². The topological polar surface area (TPSA) is 71.5 Å². The lowest BCUT2D eigenvalue weighted by Crippen LogP contribution is -2.49. The van der Waals surface area contributed by atoms with Crippen LogP contribution in [0.2, 0.25) is 0 Å². The van der Waals surface area contributed by atoms with E-state index in [4.69, 9.17) is 4.74 Å². The number of hydrogen-bond donors (Lipinski definition) is 1. The Labute approximate surface area is 131 Å². The normalized spacial score (nSPS) is 29.5. The average molecular weight is 325 g/mol. The molecule has 2 aliphatic rings. The first-order valence-electron chi connectivity index (χ1n) is 7.60. The van der Waals surface area contributed by atoms with Crippen molar-refractivity contribution in [1.29, 1.82) is 0 Å². The maximum absolute atomic E-state index is 11.5. The summed E-state index contributed by atoms with van der Waals surface area (Å²) in [6, 6.07) is 5.94. The predicted octanol–water partition coefficient (Wildman–Crippen LogP) is 0.386. The number of ether oxygens (including phenoxy) is 1. The Kier molecular flexibility index (Phi) is 4.49. The summed E-state index contributed by atoms with van der Waals surface area (Å²) in [6.07, 6.45) is 1.21. The summed E-state index contributed by atoms with van der Waals surface area (Å²) in [5.74, 6) is 0.700. The second kappa shape index (κ2) is 6.23. The lowest BCUT2D eigenvalue weighted by molar-refractivity contribution is 0.0164. The van der Waals surface area contributed by atoms with Gasteiger partial charge in [0.05, 0.1) is 25.2 Å². The standard InChI is InChI=1S/C15H23N3O3S/c1-11-4-3-5-13(16-11)7-18-6-12-9-21-10-15(14(12)8-18)17-22(2,19)20/h3-5,12,14-15,17H,6-10H2,1-2H3/t12-,14-,15+/m1/s1. The molecule has 0 aliphatic carbocycles. The van der Waals surface area contributed by atoms with Gasteiger partial charge in [-0.25, -0.2) is 13.1 Å². The van der Waals surface area contributed by atoms with E-state index in [-0.39, 0.29) is 6.04 Å². The van der Waals surface area contributed by atoms with Gasteiger partial charge in [0.2, 0.25) is 10.0 Å². The summed E-state index contributed by atoms with van der Waals surface area (Å²) >= 11 is 0. The molecule has 3 atom stereocenters. The zero-order valence-electron chi connectivity index (χ0n) is 13.0. The molecule has 0 bridgehead atoms. The van der Waals surface area contributed by atoms with Crippen LogP contribution >= 0.6 is 0 Å². The highest BCUT2D eigenvalue weighted by molar-refractivity contribution is 7.88. The minimum atomic E-state index is -3.21. The maximum Gasteiger partial charge on any atom is 0.209 e. The van der Waals surface area contributed by atoms with Gasteiger partial charge in [-0.15, -0.1) is 0 Å². The quantitative estimate of drug-likeness (QED) is 0.867. The van der Waals surface area contributed by atoms with Crippen molar-refractivity contribution in [3.8, 4) is 0 Å². The summed E-state index contributed by atoms with van der Waals surface area (Å²) in [7, 11) is -3.21. The summed E-state index contributed by atoms with van der Waals surface area (Å²) in [5, 5.41) is 0. The number of fused-ring (bicyclic) bond motifs is 1. The molecule has 3 rings (SSSR count). The summed E-state index contributed by atoms with van der Waals surface area (Å²) < 4.78 is 31.3. The summed E-state index contributed by atoms with van der Waals surface area (Å²) in [4.78, 5) is 6.90. The van der Waals surface area contributed by atoms with Crippen molar-refractivity contribution in [3.05, 3.63) is 29.6 Å². The van der Waals surface area contributed by atoms with Crippen molar-refractivity contribution < 1.29 is 13.2 Å². The Morgan fingerprint density at radius 3 is 2.91 bits per heavy atom. The van der Waals surface area contributed by atoms with E-state index in [9.17, 15) is 8.42 Å². The molecular formula is C15H23N3O3S. The van der Waals surface area contributed by atoms with Gasteiger partial charge in [-0.1, -0.05) is 6.07 Å². The minimum absolute atomic E-state index is 0.121. The van der Waals surface area contributed by atoms with Crippen LogP contribution in [0.4, 0.5) is 0 Å². The Balaban J connectivity index is 1.66. The van der Waals surface area contributed by atoms with Gasteiger partial charge in [0, 0.05) is 37.3 Å². The Bertz CT molecular complexity index is 635. The molecule has 0 saturated carbocycles. The fraction of sp³-hybridized carbons (Fsp3) is 0.667. The molecule has 0 amide bonds. The Morgan fingerprint density at radius 1 is 1.36 bits per heavy atom. The molecule has 0 aromatic carbocycles. The number of sulfonamides is 1.